The van der Waals surface area contributed by atoms with Crippen LogP contribution >= 0.6 is 11.6 Å². The molecule has 7 nitrogen and oxygen atoms in total. The number of morpholine rings is 1. The van der Waals surface area contributed by atoms with Crippen molar-refractivity contribution in [3.63, 3.8) is 0 Å². The second-order valence-corrected chi connectivity index (χ2v) is 10.3. The highest BCUT2D eigenvalue weighted by atomic mass is 35.5. The number of halogens is 1. The third kappa shape index (κ3) is 6.66. The maximum Gasteiger partial charge on any atom is 0.251 e. The van der Waals surface area contributed by atoms with E-state index in [1.807, 2.05) is 31.2 Å². The Bertz CT molecular complexity index is 1300. The van der Waals surface area contributed by atoms with E-state index in [2.05, 4.69) is 15.2 Å². The van der Waals surface area contributed by atoms with Gasteiger partial charge in [0.1, 0.15) is 17.3 Å². The lowest BCUT2D eigenvalue weighted by molar-refractivity contribution is -0.118. The number of nitrogens with zero attached hydrogens (tertiary/aromatic N) is 2. The van der Waals surface area contributed by atoms with Crippen LogP contribution in [-0.2, 0) is 16.0 Å². The number of carbonyl (C=O) groups is 2. The third-order valence-electron chi connectivity index (χ3n) is 6.96. The largest absolute Gasteiger partial charge is 0.457 e. The van der Waals surface area contributed by atoms with Gasteiger partial charge in [-0.05, 0) is 67.1 Å². The van der Waals surface area contributed by atoms with Gasteiger partial charge in [0.15, 0.2) is 0 Å². The van der Waals surface area contributed by atoms with Gasteiger partial charge in [0.2, 0.25) is 0 Å². The Morgan fingerprint density at radius 3 is 2.73 bits per heavy atom. The first kappa shape index (κ1) is 25.6. The number of nitrogens with one attached hydrogen (secondary N) is 1. The van der Waals surface area contributed by atoms with Crippen LogP contribution in [0.15, 0.2) is 42.6 Å². The lowest BCUT2D eigenvalue weighted by atomic mass is 10.0. The van der Waals surface area contributed by atoms with Crippen LogP contribution in [-0.4, -0.2) is 61.0 Å². The van der Waals surface area contributed by atoms with Crippen LogP contribution in [0.5, 0.6) is 11.5 Å². The molecule has 0 bridgehead atoms. The zero-order chi connectivity index (χ0) is 25.8. The molecule has 1 aromatic heterocycles. The maximum atomic E-state index is 13.0. The Labute approximate surface area is 222 Å². The van der Waals surface area contributed by atoms with Crippen LogP contribution < -0.4 is 10.1 Å². The van der Waals surface area contributed by atoms with Gasteiger partial charge in [-0.1, -0.05) is 17.7 Å². The van der Waals surface area contributed by atoms with Gasteiger partial charge in [-0.25, -0.2) is 0 Å². The number of ether oxygens (including phenoxy) is 2. The lowest BCUT2D eigenvalue weighted by Crippen LogP contribution is -2.41. The van der Waals surface area contributed by atoms with Gasteiger partial charge in [-0.2, -0.15) is 0 Å². The first-order valence-electron chi connectivity index (χ1n) is 12.9. The van der Waals surface area contributed by atoms with Gasteiger partial charge in [-0.3, -0.25) is 19.5 Å². The van der Waals surface area contributed by atoms with E-state index in [9.17, 15) is 9.59 Å². The summed E-state index contributed by atoms with van der Waals surface area (Å²) in [5, 5.41) is 4.29. The Morgan fingerprint density at radius 1 is 1.16 bits per heavy atom. The summed E-state index contributed by atoms with van der Waals surface area (Å²) in [5.41, 5.74) is 3.00. The van der Waals surface area contributed by atoms with Crippen LogP contribution in [0.2, 0.25) is 5.02 Å². The molecule has 1 aliphatic carbocycles. The van der Waals surface area contributed by atoms with Gasteiger partial charge in [-0.15, -0.1) is 0 Å². The number of benzene rings is 2. The molecule has 1 aliphatic heterocycles. The van der Waals surface area contributed by atoms with E-state index in [4.69, 9.17) is 21.1 Å². The number of fused-ring (bicyclic) bond motifs is 1. The Kier molecular flexibility index (Phi) is 8.03. The summed E-state index contributed by atoms with van der Waals surface area (Å²) >= 11 is 6.49. The fourth-order valence-electron chi connectivity index (χ4n) is 4.64. The maximum absolute atomic E-state index is 13.0. The quantitative estimate of drug-likeness (QED) is 0.406. The molecule has 0 atom stereocenters. The number of pyridine rings is 1. The number of aromatic nitrogens is 1. The first-order valence-corrected chi connectivity index (χ1v) is 13.3. The lowest BCUT2D eigenvalue weighted by Gasteiger charge is -2.26. The smallest absolute Gasteiger partial charge is 0.251 e. The Morgan fingerprint density at radius 2 is 1.97 bits per heavy atom. The predicted octanol–water partition coefficient (Wildman–Crippen LogP) is 4.96. The van der Waals surface area contributed by atoms with Gasteiger partial charge >= 0.3 is 0 Å². The van der Waals surface area contributed by atoms with E-state index >= 15 is 0 Å². The molecule has 1 saturated heterocycles. The van der Waals surface area contributed by atoms with Crippen molar-refractivity contribution in [3.05, 3.63) is 64.3 Å². The Balaban J connectivity index is 1.29. The molecular weight excluding hydrogens is 490 g/mol. The minimum Gasteiger partial charge on any atom is -0.457 e. The fraction of sp³-hybridized carbons (Fsp3) is 0.414. The van der Waals surface area contributed by atoms with Crippen LogP contribution in [0.3, 0.4) is 0 Å². The van der Waals surface area contributed by atoms with Crippen molar-refractivity contribution in [2.24, 2.45) is 5.92 Å². The fourth-order valence-corrected chi connectivity index (χ4v) is 4.88. The molecule has 0 spiro atoms. The number of hydrogen-bond acceptors (Lipinski definition) is 6. The second-order valence-electron chi connectivity index (χ2n) is 9.92. The predicted molar refractivity (Wildman–Crippen MR) is 144 cm³/mol. The average Bonchev–Trinajstić information content (AvgIpc) is 3.70. The van der Waals surface area contributed by atoms with Crippen molar-refractivity contribution in [1.29, 1.82) is 0 Å². The van der Waals surface area contributed by atoms with E-state index in [1.165, 1.54) is 0 Å². The van der Waals surface area contributed by atoms with E-state index in [0.29, 0.717) is 47.4 Å². The number of carbonyl (C=O) groups excluding carboxylic acids is 2. The molecule has 2 fully saturated rings. The van der Waals surface area contributed by atoms with Gasteiger partial charge in [0.05, 0.1) is 18.7 Å². The minimum absolute atomic E-state index is 0.120. The monoisotopic (exact) mass is 521 g/mol. The van der Waals surface area contributed by atoms with E-state index in [-0.39, 0.29) is 11.7 Å². The van der Waals surface area contributed by atoms with Crippen LogP contribution in [0.1, 0.15) is 40.7 Å². The highest BCUT2D eigenvalue weighted by molar-refractivity contribution is 6.31. The van der Waals surface area contributed by atoms with Gasteiger partial charge in [0, 0.05) is 61.2 Å². The topological polar surface area (TPSA) is 80.8 Å². The zero-order valence-electron chi connectivity index (χ0n) is 21.1. The molecule has 8 heteroatoms. The van der Waals surface area contributed by atoms with Crippen LogP contribution in [0.4, 0.5) is 0 Å². The molecule has 3 aromatic rings. The molecule has 5 rings (SSSR count). The molecular formula is C29H32ClN3O4. The zero-order valence-corrected chi connectivity index (χ0v) is 21.9. The molecule has 37 heavy (non-hydrogen) atoms. The summed E-state index contributed by atoms with van der Waals surface area (Å²) in [4.78, 5) is 32.0. The SMILES string of the molecule is Cc1cc2nccc(Oc3ccc(CC(=O)CC4CC4)c(Cl)c3)c2cc1C(=O)NCCN1CCOCC1. The summed E-state index contributed by atoms with van der Waals surface area (Å²) in [7, 11) is 0. The first-order chi connectivity index (χ1) is 18.0. The standard InChI is InChI=1S/C29H32ClN3O4/c1-19-14-27-25(18-24(19)29(35)32-8-9-33-10-12-36-13-11-33)28(6-7-31-27)37-23-5-4-21(26(30)17-23)16-22(34)15-20-2-3-20/h4-7,14,17-18,20H,2-3,8-13,15-16H2,1H3,(H,32,35). The van der Waals surface area contributed by atoms with Crippen molar-refractivity contribution in [1.82, 2.24) is 15.2 Å². The van der Waals surface area contributed by atoms with Crippen LogP contribution in [0.25, 0.3) is 10.9 Å². The summed E-state index contributed by atoms with van der Waals surface area (Å²) in [6.07, 6.45) is 4.98. The molecule has 1 saturated carbocycles. The highest BCUT2D eigenvalue weighted by Gasteiger charge is 2.24. The molecule has 2 heterocycles. The van der Waals surface area contributed by atoms with Crippen molar-refractivity contribution < 1.29 is 19.1 Å². The van der Waals surface area contributed by atoms with Gasteiger partial charge in [0.25, 0.3) is 5.91 Å². The summed E-state index contributed by atoms with van der Waals surface area (Å²) in [6.45, 7) is 6.52. The van der Waals surface area contributed by atoms with E-state index in [0.717, 1.165) is 67.7 Å². The molecule has 1 amide bonds. The number of Topliss-reactive ketones (excluding diaryl/α,β-unsaturated/α-hetero) is 1. The number of rotatable bonds is 10. The van der Waals surface area contributed by atoms with Gasteiger partial charge < -0.3 is 14.8 Å². The summed E-state index contributed by atoms with van der Waals surface area (Å²) < 4.78 is 11.6. The van der Waals surface area contributed by atoms with Crippen molar-refractivity contribution in [2.45, 2.75) is 32.6 Å². The molecule has 0 radical (unpaired) electrons. The Hall–Kier alpha value is -3.00. The molecule has 0 unspecified atom stereocenters. The van der Waals surface area contributed by atoms with E-state index < -0.39 is 0 Å². The third-order valence-corrected chi connectivity index (χ3v) is 7.31. The average molecular weight is 522 g/mol. The normalized spacial score (nSPS) is 16.1. The van der Waals surface area contributed by atoms with E-state index in [1.54, 1.807) is 18.3 Å². The number of amides is 1. The number of aryl methyl sites for hydroxylation is 1. The van der Waals surface area contributed by atoms with Crippen molar-refractivity contribution >= 4 is 34.2 Å². The molecule has 194 valence electrons. The van der Waals surface area contributed by atoms with Crippen molar-refractivity contribution in [3.8, 4) is 11.5 Å². The molecule has 2 aromatic carbocycles. The molecule has 2 aliphatic rings. The summed E-state index contributed by atoms with van der Waals surface area (Å²) in [6, 6.07) is 10.9. The summed E-state index contributed by atoms with van der Waals surface area (Å²) in [5.74, 6) is 1.82. The highest BCUT2D eigenvalue weighted by Crippen LogP contribution is 2.35. The number of ketones is 1. The van der Waals surface area contributed by atoms with Crippen LogP contribution in [0, 0.1) is 12.8 Å². The second kappa shape index (κ2) is 11.6. The van der Waals surface area contributed by atoms with Crippen molar-refractivity contribution in [2.75, 3.05) is 39.4 Å². The molecule has 1 N–H and O–H groups in total. The number of hydrogen-bond donors (Lipinski definition) is 1. The minimum atomic E-state index is -0.120.